The molecular formula is C14H13NO4S. The average Bonchev–Trinajstić information content (AvgIpc) is 2.85. The van der Waals surface area contributed by atoms with E-state index < -0.39 is 5.97 Å². The van der Waals surface area contributed by atoms with Crippen molar-refractivity contribution >= 4 is 28.9 Å². The van der Waals surface area contributed by atoms with Crippen LogP contribution in [-0.4, -0.2) is 24.1 Å². The molecule has 104 valence electrons. The van der Waals surface area contributed by atoms with E-state index >= 15 is 0 Å². The molecule has 0 bridgehead atoms. The highest BCUT2D eigenvalue weighted by Gasteiger charge is 2.15. The van der Waals surface area contributed by atoms with Crippen molar-refractivity contribution in [2.45, 2.75) is 6.42 Å². The van der Waals surface area contributed by atoms with Gasteiger partial charge in [0, 0.05) is 0 Å². The predicted molar refractivity (Wildman–Crippen MR) is 76.1 cm³/mol. The number of phenols is 1. The monoisotopic (exact) mass is 291 g/mol. The van der Waals surface area contributed by atoms with Gasteiger partial charge in [-0.05, 0) is 29.1 Å². The van der Waals surface area contributed by atoms with Gasteiger partial charge in [0.1, 0.15) is 10.6 Å². The van der Waals surface area contributed by atoms with Gasteiger partial charge >= 0.3 is 5.97 Å². The summed E-state index contributed by atoms with van der Waals surface area (Å²) in [5.74, 6) is -0.632. The Morgan fingerprint density at radius 1 is 1.35 bits per heavy atom. The minimum absolute atomic E-state index is 0.112. The number of thiophene rings is 1. The first kappa shape index (κ1) is 14.1. The molecule has 0 fully saturated rings. The van der Waals surface area contributed by atoms with E-state index in [1.807, 2.05) is 0 Å². The van der Waals surface area contributed by atoms with E-state index in [0.29, 0.717) is 16.1 Å². The highest BCUT2D eigenvalue weighted by molar-refractivity contribution is 7.12. The summed E-state index contributed by atoms with van der Waals surface area (Å²) in [5.41, 5.74) is 1.13. The lowest BCUT2D eigenvalue weighted by molar-refractivity contribution is -0.115. The maximum atomic E-state index is 11.9. The van der Waals surface area contributed by atoms with Gasteiger partial charge in [-0.25, -0.2) is 4.79 Å². The highest BCUT2D eigenvalue weighted by atomic mass is 32.1. The number of hydrogen-bond donors (Lipinski definition) is 2. The number of carbonyl (C=O) groups is 2. The maximum Gasteiger partial charge on any atom is 0.350 e. The molecule has 20 heavy (non-hydrogen) atoms. The molecule has 6 heteroatoms. The lowest BCUT2D eigenvalue weighted by Gasteiger charge is -2.06. The van der Waals surface area contributed by atoms with Gasteiger partial charge in [0.25, 0.3) is 0 Å². The Labute approximate surface area is 119 Å². The van der Waals surface area contributed by atoms with E-state index in [2.05, 4.69) is 10.1 Å². The van der Waals surface area contributed by atoms with Crippen LogP contribution < -0.4 is 5.32 Å². The molecule has 0 spiro atoms. The Morgan fingerprint density at radius 2 is 2.15 bits per heavy atom. The van der Waals surface area contributed by atoms with Crippen molar-refractivity contribution in [2.75, 3.05) is 12.4 Å². The summed E-state index contributed by atoms with van der Waals surface area (Å²) in [4.78, 5) is 23.8. The smallest absolute Gasteiger partial charge is 0.350 e. The van der Waals surface area contributed by atoms with Crippen molar-refractivity contribution in [3.8, 4) is 5.75 Å². The average molecular weight is 291 g/mol. The maximum absolute atomic E-state index is 11.9. The summed E-state index contributed by atoms with van der Waals surface area (Å²) in [6.45, 7) is 0. The molecule has 0 aliphatic rings. The first-order valence-corrected chi connectivity index (χ1v) is 6.71. The standard InChI is InChI=1S/C14H13NO4S/c1-19-14(18)13-11(5-6-20-13)15-12(17)8-9-3-2-4-10(16)7-9/h2-7,16H,8H2,1H3,(H,15,17). The van der Waals surface area contributed by atoms with Crippen LogP contribution in [0.4, 0.5) is 5.69 Å². The zero-order valence-electron chi connectivity index (χ0n) is 10.8. The Morgan fingerprint density at radius 3 is 2.85 bits per heavy atom. The number of rotatable bonds is 4. The Balaban J connectivity index is 2.05. The zero-order valence-corrected chi connectivity index (χ0v) is 11.6. The van der Waals surface area contributed by atoms with Crippen LogP contribution in [-0.2, 0) is 16.0 Å². The number of ether oxygens (including phenoxy) is 1. The molecule has 0 radical (unpaired) electrons. The second-order valence-corrected chi connectivity index (χ2v) is 4.97. The van der Waals surface area contributed by atoms with Crippen molar-refractivity contribution < 1.29 is 19.4 Å². The normalized spacial score (nSPS) is 10.1. The van der Waals surface area contributed by atoms with Crippen LogP contribution in [0.1, 0.15) is 15.2 Å². The molecule has 0 saturated carbocycles. The van der Waals surface area contributed by atoms with Crippen LogP contribution in [0.3, 0.4) is 0 Å². The number of benzene rings is 1. The summed E-state index contributed by atoms with van der Waals surface area (Å²) >= 11 is 1.20. The molecule has 2 N–H and O–H groups in total. The summed E-state index contributed by atoms with van der Waals surface area (Å²) in [5, 5.41) is 13.7. The van der Waals surface area contributed by atoms with Gasteiger partial charge in [0.2, 0.25) is 5.91 Å². The molecule has 0 saturated heterocycles. The Kier molecular flexibility index (Phi) is 4.37. The number of phenolic OH excluding ortho intramolecular Hbond substituents is 1. The quantitative estimate of drug-likeness (QED) is 0.848. The number of methoxy groups -OCH3 is 1. The van der Waals surface area contributed by atoms with Crippen molar-refractivity contribution in [2.24, 2.45) is 0 Å². The van der Waals surface area contributed by atoms with Crippen LogP contribution >= 0.6 is 11.3 Å². The third kappa shape index (κ3) is 3.36. The van der Waals surface area contributed by atoms with Gasteiger partial charge in [-0.15, -0.1) is 11.3 Å². The van der Waals surface area contributed by atoms with E-state index in [0.717, 1.165) is 0 Å². The summed E-state index contributed by atoms with van der Waals surface area (Å²) < 4.78 is 4.64. The summed E-state index contributed by atoms with van der Waals surface area (Å²) in [7, 11) is 1.29. The largest absolute Gasteiger partial charge is 0.508 e. The van der Waals surface area contributed by atoms with Crippen molar-refractivity contribution in [3.63, 3.8) is 0 Å². The molecule has 1 heterocycles. The number of aromatic hydroxyl groups is 1. The Bertz CT molecular complexity index is 636. The minimum atomic E-state index is -0.479. The molecule has 1 amide bonds. The first-order chi connectivity index (χ1) is 9.60. The molecule has 5 nitrogen and oxygen atoms in total. The van der Waals surface area contributed by atoms with Crippen LogP contribution in [0.25, 0.3) is 0 Å². The van der Waals surface area contributed by atoms with Crippen molar-refractivity contribution in [1.29, 1.82) is 0 Å². The Hall–Kier alpha value is -2.34. The van der Waals surface area contributed by atoms with Crippen LogP contribution in [0.5, 0.6) is 5.75 Å². The van der Waals surface area contributed by atoms with Crippen LogP contribution in [0.15, 0.2) is 35.7 Å². The van der Waals surface area contributed by atoms with Gasteiger partial charge < -0.3 is 15.2 Å². The number of esters is 1. The fourth-order valence-electron chi connectivity index (χ4n) is 1.70. The fourth-order valence-corrected chi connectivity index (χ4v) is 2.47. The molecule has 1 aromatic heterocycles. The number of hydrogen-bond acceptors (Lipinski definition) is 5. The summed E-state index contributed by atoms with van der Waals surface area (Å²) in [6.07, 6.45) is 0.116. The first-order valence-electron chi connectivity index (χ1n) is 5.83. The molecular weight excluding hydrogens is 278 g/mol. The fraction of sp³-hybridized carbons (Fsp3) is 0.143. The molecule has 1 aromatic carbocycles. The lowest BCUT2D eigenvalue weighted by Crippen LogP contribution is -2.16. The molecule has 0 aliphatic heterocycles. The third-order valence-corrected chi connectivity index (χ3v) is 3.48. The lowest BCUT2D eigenvalue weighted by atomic mass is 10.1. The van der Waals surface area contributed by atoms with Gasteiger partial charge in [0.15, 0.2) is 0 Å². The SMILES string of the molecule is COC(=O)c1sccc1NC(=O)Cc1cccc(O)c1. The molecule has 2 aromatic rings. The van der Waals surface area contributed by atoms with Gasteiger partial charge in [-0.3, -0.25) is 4.79 Å². The molecule has 0 atom stereocenters. The zero-order chi connectivity index (χ0) is 14.5. The minimum Gasteiger partial charge on any atom is -0.508 e. The molecule has 0 aliphatic carbocycles. The van der Waals surface area contributed by atoms with Crippen molar-refractivity contribution in [1.82, 2.24) is 0 Å². The number of nitrogens with one attached hydrogen (secondary N) is 1. The topological polar surface area (TPSA) is 75.6 Å². The molecule has 0 unspecified atom stereocenters. The van der Waals surface area contributed by atoms with E-state index in [1.165, 1.54) is 30.6 Å². The van der Waals surface area contributed by atoms with Crippen LogP contribution in [0.2, 0.25) is 0 Å². The molecule has 2 rings (SSSR count). The predicted octanol–water partition coefficient (Wildman–Crippen LogP) is 2.42. The highest BCUT2D eigenvalue weighted by Crippen LogP contribution is 2.23. The van der Waals surface area contributed by atoms with Gasteiger partial charge in [-0.1, -0.05) is 12.1 Å². The van der Waals surface area contributed by atoms with E-state index in [9.17, 15) is 14.7 Å². The second-order valence-electron chi connectivity index (χ2n) is 4.05. The van der Waals surface area contributed by atoms with E-state index in [4.69, 9.17) is 0 Å². The van der Waals surface area contributed by atoms with Gasteiger partial charge in [0.05, 0.1) is 19.2 Å². The number of carbonyl (C=O) groups excluding carboxylic acids is 2. The summed E-state index contributed by atoms with van der Waals surface area (Å²) in [6, 6.07) is 8.12. The number of anilines is 1. The number of amides is 1. The third-order valence-electron chi connectivity index (χ3n) is 2.59. The van der Waals surface area contributed by atoms with Crippen molar-refractivity contribution in [3.05, 3.63) is 46.2 Å². The van der Waals surface area contributed by atoms with E-state index in [1.54, 1.807) is 23.6 Å². The second kappa shape index (κ2) is 6.21. The van der Waals surface area contributed by atoms with Crippen LogP contribution in [0, 0.1) is 0 Å². The van der Waals surface area contributed by atoms with E-state index in [-0.39, 0.29) is 18.1 Å². The van der Waals surface area contributed by atoms with Gasteiger partial charge in [-0.2, -0.15) is 0 Å².